The number of nitrogens with one attached hydrogen (secondary N) is 2. The molecule has 0 fully saturated rings. The van der Waals surface area contributed by atoms with Gasteiger partial charge < -0.3 is 29.6 Å². The highest BCUT2D eigenvalue weighted by Crippen LogP contribution is 2.40. The molecule has 198 valence electrons. The normalized spacial score (nSPS) is 18.4. The number of benzene rings is 1. The van der Waals surface area contributed by atoms with Crippen LogP contribution in [-0.2, 0) is 17.6 Å². The Labute approximate surface area is 222 Å². The number of aliphatic hydroxyl groups is 1. The molecular formula is C30H33N3O5. The zero-order valence-electron chi connectivity index (χ0n) is 21.9. The summed E-state index contributed by atoms with van der Waals surface area (Å²) in [6.07, 6.45) is 17.2. The first-order valence-electron chi connectivity index (χ1n) is 12.8. The summed E-state index contributed by atoms with van der Waals surface area (Å²) < 4.78 is 16.5. The van der Waals surface area contributed by atoms with Crippen LogP contribution in [0.3, 0.4) is 0 Å². The number of methoxy groups -OCH3 is 3. The smallest absolute Gasteiger partial charge is 0.248 e. The van der Waals surface area contributed by atoms with E-state index in [1.807, 2.05) is 42.6 Å². The fraction of sp³-hybridized carbons (Fsp3) is 0.333. The number of hydrogen-bond donors (Lipinski definition) is 3. The standard InChI is InChI=1S/C30H33N3O5/c1-36-27-13-18(14-28(37-2)29(27)38-3)26-15-23(22-9-5-7-11-25(22)33-26)30(35)32-20(17-34)12-19-16-31-24-10-6-4-8-21(19)24/h5-7,10-11,13-16,20,22,31,34H,4,8-9,12,17H2,1-3H3,(H,32,35)/t20-,22-/m1/s1. The summed E-state index contributed by atoms with van der Waals surface area (Å²) in [5.41, 5.74) is 6.29. The summed E-state index contributed by atoms with van der Waals surface area (Å²) in [5, 5.41) is 13.2. The summed E-state index contributed by atoms with van der Waals surface area (Å²) in [4.78, 5) is 21.9. The molecule has 0 radical (unpaired) electrons. The van der Waals surface area contributed by atoms with E-state index in [0.717, 1.165) is 35.4 Å². The van der Waals surface area contributed by atoms with Gasteiger partial charge in [0.05, 0.1) is 39.7 Å². The SMILES string of the molecule is COc1cc(C2=NC3=CC=CC[C@@H]3C(C(=O)N[C@@H](CO)Cc3c[nH]c4c3CCC=C4)=C2)cc(OC)c1OC. The van der Waals surface area contributed by atoms with Gasteiger partial charge in [-0.15, -0.1) is 0 Å². The molecule has 0 bridgehead atoms. The Morgan fingerprint density at radius 3 is 2.68 bits per heavy atom. The van der Waals surface area contributed by atoms with Crippen molar-refractivity contribution in [1.82, 2.24) is 10.3 Å². The van der Waals surface area contributed by atoms with Gasteiger partial charge in [-0.3, -0.25) is 9.79 Å². The fourth-order valence-corrected chi connectivity index (χ4v) is 5.30. The lowest BCUT2D eigenvalue weighted by Crippen LogP contribution is -2.42. The summed E-state index contributed by atoms with van der Waals surface area (Å²) in [5.74, 6) is 1.14. The highest BCUT2D eigenvalue weighted by molar-refractivity contribution is 6.15. The van der Waals surface area contributed by atoms with E-state index < -0.39 is 6.04 Å². The molecule has 3 aliphatic rings. The predicted molar refractivity (Wildman–Crippen MR) is 147 cm³/mol. The van der Waals surface area contributed by atoms with Crippen molar-refractivity contribution in [2.75, 3.05) is 27.9 Å². The van der Waals surface area contributed by atoms with Gasteiger partial charge in [0.2, 0.25) is 11.7 Å². The number of aliphatic hydroxyl groups excluding tert-OH is 1. The molecule has 0 saturated heterocycles. The number of carbonyl (C=O) groups is 1. The van der Waals surface area contributed by atoms with Crippen LogP contribution in [0, 0.1) is 5.92 Å². The molecular weight excluding hydrogens is 482 g/mol. The number of ether oxygens (including phenoxy) is 3. The van der Waals surface area contributed by atoms with Crippen molar-refractivity contribution in [3.8, 4) is 17.2 Å². The summed E-state index contributed by atoms with van der Waals surface area (Å²) in [6.45, 7) is -0.157. The maximum atomic E-state index is 13.7. The molecule has 0 unspecified atom stereocenters. The molecule has 1 aromatic carbocycles. The van der Waals surface area contributed by atoms with Crippen LogP contribution in [0.15, 0.2) is 65.0 Å². The van der Waals surface area contributed by atoms with E-state index in [-0.39, 0.29) is 18.4 Å². The van der Waals surface area contributed by atoms with Crippen LogP contribution in [0.2, 0.25) is 0 Å². The molecule has 1 aromatic heterocycles. The molecule has 2 aliphatic carbocycles. The number of carbonyl (C=O) groups excluding carboxylic acids is 1. The Hall–Kier alpha value is -4.04. The van der Waals surface area contributed by atoms with E-state index in [1.54, 1.807) is 21.3 Å². The Morgan fingerprint density at radius 2 is 1.97 bits per heavy atom. The minimum absolute atomic E-state index is 0.157. The van der Waals surface area contributed by atoms with Crippen LogP contribution < -0.4 is 19.5 Å². The van der Waals surface area contributed by atoms with Crippen LogP contribution in [-0.4, -0.2) is 55.7 Å². The fourth-order valence-electron chi connectivity index (χ4n) is 5.30. The average molecular weight is 516 g/mol. The second-order valence-electron chi connectivity index (χ2n) is 9.52. The summed E-state index contributed by atoms with van der Waals surface area (Å²) in [6, 6.07) is 3.24. The number of aromatic nitrogens is 1. The van der Waals surface area contributed by atoms with E-state index in [2.05, 4.69) is 22.5 Å². The molecule has 8 heteroatoms. The monoisotopic (exact) mass is 515 g/mol. The Bertz CT molecular complexity index is 1350. The number of rotatable bonds is 9. The number of allylic oxidation sites excluding steroid dienone is 6. The molecule has 2 aromatic rings. The first kappa shape index (κ1) is 25.6. The third kappa shape index (κ3) is 4.91. The van der Waals surface area contributed by atoms with Gasteiger partial charge in [-0.05, 0) is 67.2 Å². The van der Waals surface area contributed by atoms with Gasteiger partial charge in [0.1, 0.15) is 0 Å². The first-order valence-corrected chi connectivity index (χ1v) is 12.8. The van der Waals surface area contributed by atoms with Gasteiger partial charge in [-0.2, -0.15) is 0 Å². The molecule has 2 heterocycles. The zero-order chi connectivity index (χ0) is 26.6. The number of amides is 1. The molecule has 0 saturated carbocycles. The lowest BCUT2D eigenvalue weighted by atomic mass is 9.84. The molecule has 38 heavy (non-hydrogen) atoms. The van der Waals surface area contributed by atoms with Crippen molar-refractivity contribution in [2.24, 2.45) is 10.9 Å². The lowest BCUT2D eigenvalue weighted by Gasteiger charge is -2.27. The maximum absolute atomic E-state index is 13.7. The Morgan fingerprint density at radius 1 is 1.18 bits per heavy atom. The lowest BCUT2D eigenvalue weighted by molar-refractivity contribution is -0.118. The number of fused-ring (bicyclic) bond motifs is 2. The molecule has 0 spiro atoms. The number of nitrogens with zero attached hydrogens (tertiary/aromatic N) is 1. The second-order valence-corrected chi connectivity index (χ2v) is 9.52. The van der Waals surface area contributed by atoms with Crippen molar-refractivity contribution >= 4 is 17.7 Å². The Kier molecular flexibility index (Phi) is 7.51. The maximum Gasteiger partial charge on any atom is 0.248 e. The topological polar surface area (TPSA) is 105 Å². The number of dihydropyridines is 1. The van der Waals surface area contributed by atoms with E-state index in [0.29, 0.717) is 41.4 Å². The summed E-state index contributed by atoms with van der Waals surface area (Å²) in [7, 11) is 4.69. The van der Waals surface area contributed by atoms with Crippen molar-refractivity contribution in [2.45, 2.75) is 31.7 Å². The van der Waals surface area contributed by atoms with Gasteiger partial charge in [0.25, 0.3) is 0 Å². The third-order valence-electron chi connectivity index (χ3n) is 7.25. The van der Waals surface area contributed by atoms with E-state index in [1.165, 1.54) is 5.56 Å². The number of aliphatic imine (C=N–C) groups is 1. The van der Waals surface area contributed by atoms with Crippen LogP contribution in [0.5, 0.6) is 17.2 Å². The van der Waals surface area contributed by atoms with Crippen molar-refractivity contribution in [3.63, 3.8) is 0 Å². The van der Waals surface area contributed by atoms with Crippen LogP contribution in [0.4, 0.5) is 0 Å². The molecule has 1 aliphatic heterocycles. The van der Waals surface area contributed by atoms with Gasteiger partial charge in [0, 0.05) is 34.6 Å². The highest BCUT2D eigenvalue weighted by atomic mass is 16.5. The van der Waals surface area contributed by atoms with Crippen molar-refractivity contribution < 1.29 is 24.1 Å². The number of H-pyrrole nitrogens is 1. The van der Waals surface area contributed by atoms with Crippen LogP contribution in [0.25, 0.3) is 6.08 Å². The van der Waals surface area contributed by atoms with Gasteiger partial charge in [-0.25, -0.2) is 0 Å². The second kappa shape index (κ2) is 11.1. The quantitative estimate of drug-likeness (QED) is 0.470. The van der Waals surface area contributed by atoms with E-state index >= 15 is 0 Å². The number of aromatic amines is 1. The van der Waals surface area contributed by atoms with Gasteiger partial charge in [0.15, 0.2) is 11.5 Å². The minimum atomic E-state index is -0.413. The Balaban J connectivity index is 1.44. The molecule has 2 atom stereocenters. The van der Waals surface area contributed by atoms with Crippen molar-refractivity contribution in [3.05, 3.63) is 82.4 Å². The van der Waals surface area contributed by atoms with Crippen LogP contribution >= 0.6 is 0 Å². The molecule has 3 N–H and O–H groups in total. The zero-order valence-corrected chi connectivity index (χ0v) is 21.9. The molecule has 1 amide bonds. The van der Waals surface area contributed by atoms with Gasteiger partial charge >= 0.3 is 0 Å². The van der Waals surface area contributed by atoms with Gasteiger partial charge in [-0.1, -0.05) is 18.2 Å². The van der Waals surface area contributed by atoms with Crippen LogP contribution in [0.1, 0.15) is 35.2 Å². The predicted octanol–water partition coefficient (Wildman–Crippen LogP) is 3.91. The summed E-state index contributed by atoms with van der Waals surface area (Å²) >= 11 is 0. The first-order chi connectivity index (χ1) is 18.6. The highest BCUT2D eigenvalue weighted by Gasteiger charge is 2.31. The average Bonchev–Trinajstić information content (AvgIpc) is 3.37. The van der Waals surface area contributed by atoms with E-state index in [9.17, 15) is 9.90 Å². The minimum Gasteiger partial charge on any atom is -0.493 e. The van der Waals surface area contributed by atoms with E-state index in [4.69, 9.17) is 19.2 Å². The van der Waals surface area contributed by atoms with Crippen molar-refractivity contribution in [1.29, 1.82) is 0 Å². The molecule has 8 nitrogen and oxygen atoms in total. The number of hydrogen-bond acceptors (Lipinski definition) is 6. The third-order valence-corrected chi connectivity index (χ3v) is 7.25. The molecule has 5 rings (SSSR count). The largest absolute Gasteiger partial charge is 0.493 e.